The van der Waals surface area contributed by atoms with E-state index in [-0.39, 0.29) is 29.9 Å². The first kappa shape index (κ1) is 21.1. The smallest absolute Gasteiger partial charge is 0.339 e. The Labute approximate surface area is 185 Å². The van der Waals surface area contributed by atoms with Gasteiger partial charge >= 0.3 is 5.97 Å². The maximum absolute atomic E-state index is 13.1. The van der Waals surface area contributed by atoms with Crippen LogP contribution in [0.3, 0.4) is 0 Å². The number of methoxy groups -OCH3 is 1. The van der Waals surface area contributed by atoms with Crippen molar-refractivity contribution in [3.8, 4) is 11.5 Å². The van der Waals surface area contributed by atoms with Crippen molar-refractivity contribution in [3.63, 3.8) is 0 Å². The van der Waals surface area contributed by atoms with Crippen molar-refractivity contribution in [1.82, 2.24) is 5.01 Å². The number of benzene rings is 3. The maximum atomic E-state index is 13.1. The summed E-state index contributed by atoms with van der Waals surface area (Å²) in [6.07, 6.45) is 0.549. The van der Waals surface area contributed by atoms with Crippen LogP contribution in [-0.2, 0) is 4.79 Å². The Balaban J connectivity index is 1.58. The third-order valence-electron chi connectivity index (χ3n) is 5.24. The SMILES string of the molecule is COc1ccc(C2CC(c3ccccc3)=NN2C(=O)COc2ccccc2C(=O)O)cc1. The molecule has 1 amide bonds. The molecule has 0 fully saturated rings. The fourth-order valence-electron chi connectivity index (χ4n) is 3.61. The maximum Gasteiger partial charge on any atom is 0.339 e. The van der Waals surface area contributed by atoms with Gasteiger partial charge in [0.1, 0.15) is 17.1 Å². The van der Waals surface area contributed by atoms with Gasteiger partial charge in [-0.05, 0) is 35.4 Å². The molecule has 0 bridgehead atoms. The highest BCUT2D eigenvalue weighted by molar-refractivity contribution is 6.03. The van der Waals surface area contributed by atoms with Crippen LogP contribution in [0.5, 0.6) is 11.5 Å². The molecule has 0 saturated heterocycles. The van der Waals surface area contributed by atoms with Gasteiger partial charge in [0.2, 0.25) is 0 Å². The molecule has 1 aliphatic rings. The van der Waals surface area contributed by atoms with Crippen molar-refractivity contribution in [2.24, 2.45) is 5.10 Å². The van der Waals surface area contributed by atoms with E-state index in [0.29, 0.717) is 6.42 Å². The van der Waals surface area contributed by atoms with Gasteiger partial charge in [-0.1, -0.05) is 54.6 Å². The van der Waals surface area contributed by atoms with Crippen molar-refractivity contribution < 1.29 is 24.2 Å². The monoisotopic (exact) mass is 430 g/mol. The number of nitrogens with zero attached hydrogens (tertiary/aromatic N) is 2. The normalized spacial score (nSPS) is 15.2. The lowest BCUT2D eigenvalue weighted by molar-refractivity contribution is -0.135. The van der Waals surface area contributed by atoms with E-state index in [0.717, 1.165) is 22.6 Å². The first-order chi connectivity index (χ1) is 15.6. The minimum absolute atomic E-state index is 0.00176. The van der Waals surface area contributed by atoms with Gasteiger partial charge in [-0.3, -0.25) is 4.79 Å². The third kappa shape index (κ3) is 4.46. The average Bonchev–Trinajstić information content (AvgIpc) is 3.29. The van der Waals surface area contributed by atoms with Gasteiger partial charge in [0.15, 0.2) is 6.61 Å². The lowest BCUT2D eigenvalue weighted by Gasteiger charge is -2.22. The van der Waals surface area contributed by atoms with E-state index < -0.39 is 5.97 Å². The molecule has 1 atom stereocenters. The summed E-state index contributed by atoms with van der Waals surface area (Å²) < 4.78 is 10.8. The number of ether oxygens (including phenoxy) is 2. The first-order valence-corrected chi connectivity index (χ1v) is 10.1. The molecule has 7 heteroatoms. The van der Waals surface area contributed by atoms with Gasteiger partial charge in [0, 0.05) is 6.42 Å². The van der Waals surface area contributed by atoms with E-state index in [1.54, 1.807) is 19.2 Å². The summed E-state index contributed by atoms with van der Waals surface area (Å²) in [7, 11) is 1.60. The summed E-state index contributed by atoms with van der Waals surface area (Å²) in [4.78, 5) is 24.5. The molecule has 3 aromatic carbocycles. The summed E-state index contributed by atoms with van der Waals surface area (Å²) in [5, 5.41) is 15.4. The Morgan fingerprint density at radius 1 is 1.00 bits per heavy atom. The van der Waals surface area contributed by atoms with E-state index in [1.807, 2.05) is 54.6 Å². The van der Waals surface area contributed by atoms with E-state index >= 15 is 0 Å². The molecule has 4 rings (SSSR count). The van der Waals surface area contributed by atoms with Crippen LogP contribution in [0.15, 0.2) is 84.0 Å². The van der Waals surface area contributed by atoms with E-state index in [9.17, 15) is 14.7 Å². The molecule has 0 aliphatic carbocycles. The minimum Gasteiger partial charge on any atom is -0.497 e. The van der Waals surface area contributed by atoms with Crippen LogP contribution in [0.25, 0.3) is 0 Å². The number of hydrogen-bond donors (Lipinski definition) is 1. The molecule has 32 heavy (non-hydrogen) atoms. The summed E-state index contributed by atoms with van der Waals surface area (Å²) in [6.45, 7) is -0.331. The zero-order valence-electron chi connectivity index (χ0n) is 17.5. The summed E-state index contributed by atoms with van der Waals surface area (Å²) in [5.41, 5.74) is 2.66. The molecule has 1 unspecified atom stereocenters. The van der Waals surface area contributed by atoms with Gasteiger partial charge in [-0.2, -0.15) is 5.10 Å². The number of carboxylic acids is 1. The number of amides is 1. The Kier molecular flexibility index (Phi) is 6.17. The van der Waals surface area contributed by atoms with Crippen LogP contribution >= 0.6 is 0 Å². The second kappa shape index (κ2) is 9.34. The number of hydrogen-bond acceptors (Lipinski definition) is 5. The quantitative estimate of drug-likeness (QED) is 0.608. The molecular weight excluding hydrogens is 408 g/mol. The number of carbonyl (C=O) groups is 2. The molecule has 7 nitrogen and oxygen atoms in total. The fraction of sp³-hybridized carbons (Fsp3) is 0.160. The molecule has 0 aromatic heterocycles. The summed E-state index contributed by atoms with van der Waals surface area (Å²) in [5.74, 6) is -0.616. The van der Waals surface area contributed by atoms with Crippen LogP contribution in [0.2, 0.25) is 0 Å². The molecule has 1 N–H and O–H groups in total. The highest BCUT2D eigenvalue weighted by Crippen LogP contribution is 2.33. The number of aromatic carboxylic acids is 1. The Morgan fingerprint density at radius 2 is 1.69 bits per heavy atom. The standard InChI is InChI=1S/C25H22N2O5/c1-31-19-13-11-18(12-14-19)22-15-21(17-7-3-2-4-8-17)26-27(22)24(28)16-32-23-10-6-5-9-20(23)25(29)30/h2-14,22H,15-16H2,1H3,(H,29,30). The highest BCUT2D eigenvalue weighted by Gasteiger charge is 2.33. The van der Waals surface area contributed by atoms with Crippen LogP contribution in [0.1, 0.15) is 33.9 Å². The van der Waals surface area contributed by atoms with Gasteiger partial charge in [-0.25, -0.2) is 9.80 Å². The lowest BCUT2D eigenvalue weighted by Crippen LogP contribution is -2.31. The van der Waals surface area contributed by atoms with Gasteiger partial charge < -0.3 is 14.6 Å². The van der Waals surface area contributed by atoms with Crippen molar-refractivity contribution >= 4 is 17.6 Å². The number of para-hydroxylation sites is 1. The molecule has 162 valence electrons. The molecule has 0 spiro atoms. The molecule has 3 aromatic rings. The second-order valence-corrected chi connectivity index (χ2v) is 7.23. The second-order valence-electron chi connectivity index (χ2n) is 7.23. The van der Waals surface area contributed by atoms with E-state index in [1.165, 1.54) is 17.1 Å². The fourth-order valence-corrected chi connectivity index (χ4v) is 3.61. The molecule has 0 radical (unpaired) electrons. The van der Waals surface area contributed by atoms with Crippen molar-refractivity contribution in [2.45, 2.75) is 12.5 Å². The topological polar surface area (TPSA) is 88.4 Å². The lowest BCUT2D eigenvalue weighted by atomic mass is 9.98. The molecular formula is C25H22N2O5. The van der Waals surface area contributed by atoms with E-state index in [2.05, 4.69) is 5.10 Å². The number of rotatable bonds is 7. The number of carbonyl (C=O) groups excluding carboxylic acids is 1. The Bertz CT molecular complexity index is 1140. The predicted octanol–water partition coefficient (Wildman–Crippen LogP) is 4.15. The van der Waals surface area contributed by atoms with E-state index in [4.69, 9.17) is 9.47 Å². The zero-order chi connectivity index (χ0) is 22.5. The minimum atomic E-state index is -1.12. The summed E-state index contributed by atoms with van der Waals surface area (Å²) >= 11 is 0. The zero-order valence-corrected chi connectivity index (χ0v) is 17.5. The van der Waals surface area contributed by atoms with Gasteiger partial charge in [-0.15, -0.1) is 0 Å². The van der Waals surface area contributed by atoms with Crippen LogP contribution in [-0.4, -0.2) is 41.4 Å². The van der Waals surface area contributed by atoms with Gasteiger partial charge in [0.05, 0.1) is 18.9 Å². The predicted molar refractivity (Wildman–Crippen MR) is 119 cm³/mol. The first-order valence-electron chi connectivity index (χ1n) is 10.1. The Morgan fingerprint density at radius 3 is 2.38 bits per heavy atom. The molecule has 1 aliphatic heterocycles. The summed E-state index contributed by atoms with van der Waals surface area (Å²) in [6, 6.07) is 23.1. The highest BCUT2D eigenvalue weighted by atomic mass is 16.5. The molecule has 0 saturated carbocycles. The number of hydrazone groups is 1. The van der Waals surface area contributed by atoms with Crippen molar-refractivity contribution in [1.29, 1.82) is 0 Å². The van der Waals surface area contributed by atoms with Crippen molar-refractivity contribution in [2.75, 3.05) is 13.7 Å². The van der Waals surface area contributed by atoms with Crippen molar-refractivity contribution in [3.05, 3.63) is 95.6 Å². The van der Waals surface area contributed by atoms with Crippen LogP contribution in [0.4, 0.5) is 0 Å². The largest absolute Gasteiger partial charge is 0.497 e. The third-order valence-corrected chi connectivity index (χ3v) is 5.24. The average molecular weight is 430 g/mol. The number of carboxylic acid groups (broad SMARTS) is 1. The van der Waals surface area contributed by atoms with Crippen LogP contribution in [0, 0.1) is 0 Å². The molecule has 1 heterocycles. The van der Waals surface area contributed by atoms with Crippen LogP contribution < -0.4 is 9.47 Å². The van der Waals surface area contributed by atoms with Gasteiger partial charge in [0.25, 0.3) is 5.91 Å². The Hall–Kier alpha value is -4.13.